The minimum atomic E-state index is -4.09. The largest absolute Gasteiger partial charge is 0.391 e. The summed E-state index contributed by atoms with van der Waals surface area (Å²) >= 11 is 1.36. The van der Waals surface area contributed by atoms with E-state index in [-0.39, 0.29) is 24.8 Å². The van der Waals surface area contributed by atoms with Crippen LogP contribution in [-0.4, -0.2) is 31.2 Å². The van der Waals surface area contributed by atoms with Crippen LogP contribution in [0.15, 0.2) is 17.5 Å². The fraction of sp³-hybridized carbons (Fsp3) is 0.643. The van der Waals surface area contributed by atoms with Crippen LogP contribution in [0.4, 0.5) is 13.2 Å². The number of thiophene rings is 1. The molecule has 1 heterocycles. The molecule has 1 aromatic rings. The molecule has 0 saturated heterocycles. The molecule has 0 spiro atoms. The zero-order chi connectivity index (χ0) is 15.3. The van der Waals surface area contributed by atoms with Crippen LogP contribution in [0.25, 0.3) is 0 Å². The van der Waals surface area contributed by atoms with Gasteiger partial charge in [0.05, 0.1) is 10.8 Å². The van der Waals surface area contributed by atoms with E-state index in [9.17, 15) is 18.0 Å². The number of amides is 1. The van der Waals surface area contributed by atoms with Gasteiger partial charge in [-0.15, -0.1) is 11.3 Å². The maximum atomic E-state index is 12.7. The van der Waals surface area contributed by atoms with Crippen molar-refractivity contribution in [3.05, 3.63) is 22.4 Å². The summed E-state index contributed by atoms with van der Waals surface area (Å²) in [6.07, 6.45) is -2.35. The molecule has 1 saturated carbocycles. The lowest BCUT2D eigenvalue weighted by Gasteiger charge is -2.31. The Hall–Kier alpha value is -1.08. The minimum Gasteiger partial charge on any atom is -0.350 e. The van der Waals surface area contributed by atoms with Gasteiger partial charge in [0.15, 0.2) is 0 Å². The number of alkyl halides is 3. The molecule has 1 aliphatic rings. The molecule has 2 atom stereocenters. The number of carbonyl (C=O) groups is 1. The topological polar surface area (TPSA) is 41.1 Å². The van der Waals surface area contributed by atoms with E-state index in [0.29, 0.717) is 24.4 Å². The summed E-state index contributed by atoms with van der Waals surface area (Å²) in [4.78, 5) is 12.3. The molecule has 0 aromatic carbocycles. The molecule has 0 radical (unpaired) electrons. The third kappa shape index (κ3) is 5.00. The lowest BCUT2D eigenvalue weighted by atomic mass is 9.85. The van der Waals surface area contributed by atoms with Gasteiger partial charge in [-0.05, 0) is 30.7 Å². The SMILES string of the molecule is O=C(NCCN[C@H]1CCC[C@H](C(F)(F)F)C1)c1cccs1. The standard InChI is InChI=1S/C14H19F3N2OS/c15-14(16,17)10-3-1-4-11(9-10)18-6-7-19-13(20)12-5-2-8-21-12/h2,5,8,10-11,18H,1,3-4,6-7,9H2,(H,19,20)/t10-,11-/m0/s1. The van der Waals surface area contributed by atoms with Crippen molar-refractivity contribution in [1.29, 1.82) is 0 Å². The van der Waals surface area contributed by atoms with Crippen LogP contribution in [-0.2, 0) is 0 Å². The molecule has 1 fully saturated rings. The normalized spacial score (nSPS) is 23.0. The molecule has 118 valence electrons. The molecule has 7 heteroatoms. The smallest absolute Gasteiger partial charge is 0.350 e. The van der Waals surface area contributed by atoms with Crippen molar-refractivity contribution in [3.8, 4) is 0 Å². The minimum absolute atomic E-state index is 0.107. The highest BCUT2D eigenvalue weighted by atomic mass is 32.1. The lowest BCUT2D eigenvalue weighted by Crippen LogP contribution is -2.41. The van der Waals surface area contributed by atoms with Crippen LogP contribution >= 0.6 is 11.3 Å². The van der Waals surface area contributed by atoms with Gasteiger partial charge in [-0.1, -0.05) is 12.5 Å². The van der Waals surface area contributed by atoms with Gasteiger partial charge in [0.1, 0.15) is 0 Å². The first kappa shape index (κ1) is 16.3. The predicted octanol–water partition coefficient (Wildman–Crippen LogP) is 3.19. The number of rotatable bonds is 5. The highest BCUT2D eigenvalue weighted by Gasteiger charge is 2.41. The molecule has 0 unspecified atom stereocenters. The Morgan fingerprint density at radius 2 is 2.14 bits per heavy atom. The zero-order valence-corrected chi connectivity index (χ0v) is 12.4. The summed E-state index contributed by atoms with van der Waals surface area (Å²) in [5.74, 6) is -1.33. The highest BCUT2D eigenvalue weighted by molar-refractivity contribution is 7.12. The zero-order valence-electron chi connectivity index (χ0n) is 11.6. The van der Waals surface area contributed by atoms with Crippen LogP contribution in [0.5, 0.6) is 0 Å². The predicted molar refractivity (Wildman–Crippen MR) is 76.5 cm³/mol. The van der Waals surface area contributed by atoms with Crippen LogP contribution in [0.1, 0.15) is 35.4 Å². The molecule has 1 aliphatic carbocycles. The number of halogens is 3. The fourth-order valence-corrected chi connectivity index (χ4v) is 3.26. The second-order valence-corrected chi connectivity index (χ2v) is 6.24. The van der Waals surface area contributed by atoms with Gasteiger partial charge >= 0.3 is 6.18 Å². The molecular weight excluding hydrogens is 301 g/mol. The Kier molecular flexibility index (Phi) is 5.64. The first-order valence-electron chi connectivity index (χ1n) is 7.08. The Labute approximate surface area is 125 Å². The number of nitrogens with one attached hydrogen (secondary N) is 2. The Morgan fingerprint density at radius 3 is 2.81 bits per heavy atom. The van der Waals surface area contributed by atoms with E-state index in [4.69, 9.17) is 0 Å². The van der Waals surface area contributed by atoms with E-state index in [1.54, 1.807) is 12.1 Å². The van der Waals surface area contributed by atoms with E-state index in [1.165, 1.54) is 11.3 Å². The number of hydrogen-bond acceptors (Lipinski definition) is 3. The average molecular weight is 320 g/mol. The van der Waals surface area contributed by atoms with Crippen molar-refractivity contribution < 1.29 is 18.0 Å². The maximum Gasteiger partial charge on any atom is 0.391 e. The summed E-state index contributed by atoms with van der Waals surface area (Å²) in [6.45, 7) is 0.913. The first-order valence-corrected chi connectivity index (χ1v) is 7.96. The quantitative estimate of drug-likeness (QED) is 0.818. The molecule has 1 amide bonds. The van der Waals surface area contributed by atoms with Crippen molar-refractivity contribution in [2.24, 2.45) is 5.92 Å². The van der Waals surface area contributed by atoms with E-state index in [2.05, 4.69) is 10.6 Å². The van der Waals surface area contributed by atoms with Gasteiger partial charge < -0.3 is 10.6 Å². The van der Waals surface area contributed by atoms with Gasteiger partial charge in [-0.2, -0.15) is 13.2 Å². The third-order valence-electron chi connectivity index (χ3n) is 3.73. The summed E-state index contributed by atoms with van der Waals surface area (Å²) < 4.78 is 38.0. The van der Waals surface area contributed by atoms with Crippen LogP contribution in [0.2, 0.25) is 0 Å². The van der Waals surface area contributed by atoms with Gasteiger partial charge in [0, 0.05) is 19.1 Å². The molecule has 0 bridgehead atoms. The summed E-state index contributed by atoms with van der Waals surface area (Å²) in [6, 6.07) is 3.43. The van der Waals surface area contributed by atoms with Crippen LogP contribution in [0.3, 0.4) is 0 Å². The van der Waals surface area contributed by atoms with Crippen LogP contribution < -0.4 is 10.6 Å². The Bertz CT molecular complexity index is 448. The maximum absolute atomic E-state index is 12.7. The molecular formula is C14H19F3N2OS. The second-order valence-electron chi connectivity index (χ2n) is 5.29. The summed E-state index contributed by atoms with van der Waals surface area (Å²) in [7, 11) is 0. The van der Waals surface area contributed by atoms with E-state index in [0.717, 1.165) is 6.42 Å². The third-order valence-corrected chi connectivity index (χ3v) is 4.59. The molecule has 21 heavy (non-hydrogen) atoms. The van der Waals surface area contributed by atoms with Crippen LogP contribution in [0, 0.1) is 5.92 Å². The molecule has 2 rings (SSSR count). The van der Waals surface area contributed by atoms with E-state index >= 15 is 0 Å². The van der Waals surface area contributed by atoms with Crippen molar-refractivity contribution >= 4 is 17.2 Å². The van der Waals surface area contributed by atoms with Crippen molar-refractivity contribution in [3.63, 3.8) is 0 Å². The van der Waals surface area contributed by atoms with Gasteiger partial charge in [-0.3, -0.25) is 4.79 Å². The van der Waals surface area contributed by atoms with Crippen molar-refractivity contribution in [2.45, 2.75) is 37.9 Å². The van der Waals surface area contributed by atoms with E-state index < -0.39 is 12.1 Å². The lowest BCUT2D eigenvalue weighted by molar-refractivity contribution is -0.183. The number of carbonyl (C=O) groups excluding carboxylic acids is 1. The highest BCUT2D eigenvalue weighted by Crippen LogP contribution is 2.37. The monoisotopic (exact) mass is 320 g/mol. The van der Waals surface area contributed by atoms with E-state index in [1.807, 2.05) is 5.38 Å². The molecule has 3 nitrogen and oxygen atoms in total. The van der Waals surface area contributed by atoms with Crippen molar-refractivity contribution in [2.75, 3.05) is 13.1 Å². The van der Waals surface area contributed by atoms with Crippen molar-refractivity contribution in [1.82, 2.24) is 10.6 Å². The summed E-state index contributed by atoms with van der Waals surface area (Å²) in [5.41, 5.74) is 0. The Balaban J connectivity index is 1.65. The number of hydrogen-bond donors (Lipinski definition) is 2. The Morgan fingerprint density at radius 1 is 1.33 bits per heavy atom. The summed E-state index contributed by atoms with van der Waals surface area (Å²) in [5, 5.41) is 7.69. The van der Waals surface area contributed by atoms with Gasteiger partial charge in [-0.25, -0.2) is 0 Å². The molecule has 0 aliphatic heterocycles. The molecule has 2 N–H and O–H groups in total. The van der Waals surface area contributed by atoms with Gasteiger partial charge in [0.2, 0.25) is 0 Å². The molecule has 1 aromatic heterocycles. The average Bonchev–Trinajstić information content (AvgIpc) is 2.97. The second kappa shape index (κ2) is 7.26. The van der Waals surface area contributed by atoms with Gasteiger partial charge in [0.25, 0.3) is 5.91 Å². The fourth-order valence-electron chi connectivity index (χ4n) is 2.62. The first-order chi connectivity index (χ1) is 9.97.